The Bertz CT molecular complexity index is 542. The number of aryl methyl sites for hydroxylation is 1. The van der Waals surface area contributed by atoms with Gasteiger partial charge in [0.2, 0.25) is 0 Å². The molecule has 18 heavy (non-hydrogen) atoms. The quantitative estimate of drug-likeness (QED) is 0.790. The number of thiazole rings is 1. The Hall–Kier alpha value is -1.13. The van der Waals surface area contributed by atoms with E-state index in [0.29, 0.717) is 18.1 Å². The minimum Gasteiger partial charge on any atom is -0.366 e. The van der Waals surface area contributed by atoms with E-state index in [2.05, 4.69) is 4.98 Å². The molecule has 96 valence electrons. The Morgan fingerprint density at radius 2 is 2.22 bits per heavy atom. The van der Waals surface area contributed by atoms with Crippen molar-refractivity contribution in [2.75, 3.05) is 11.9 Å². The first-order chi connectivity index (χ1) is 8.60. The predicted molar refractivity (Wildman–Crippen MR) is 74.9 cm³/mol. The number of nitrogens with zero attached hydrogens (tertiary/aromatic N) is 2. The smallest absolute Gasteiger partial charge is 0.146 e. The van der Waals surface area contributed by atoms with Crippen molar-refractivity contribution in [3.63, 3.8) is 0 Å². The molecule has 1 aromatic heterocycles. The zero-order chi connectivity index (χ0) is 13.1. The van der Waals surface area contributed by atoms with E-state index in [0.717, 1.165) is 16.3 Å². The van der Waals surface area contributed by atoms with E-state index in [1.807, 2.05) is 30.3 Å². The van der Waals surface area contributed by atoms with Crippen molar-refractivity contribution in [3.8, 4) is 0 Å². The van der Waals surface area contributed by atoms with Crippen LogP contribution in [0.5, 0.6) is 0 Å². The molecule has 0 aliphatic rings. The molecule has 5 heteroatoms. The van der Waals surface area contributed by atoms with E-state index in [9.17, 15) is 4.39 Å². The van der Waals surface area contributed by atoms with E-state index in [1.165, 1.54) is 6.07 Å². The van der Waals surface area contributed by atoms with Gasteiger partial charge in [-0.3, -0.25) is 0 Å². The molecule has 0 aliphatic carbocycles. The van der Waals surface area contributed by atoms with E-state index in [4.69, 9.17) is 11.6 Å². The fraction of sp³-hybridized carbons (Fsp3) is 0.308. The van der Waals surface area contributed by atoms with Crippen molar-refractivity contribution in [1.82, 2.24) is 4.98 Å². The van der Waals surface area contributed by atoms with Crippen molar-refractivity contribution in [2.45, 2.75) is 19.3 Å². The zero-order valence-electron chi connectivity index (χ0n) is 10.3. The molecule has 0 radical (unpaired) electrons. The number of halogens is 2. The zero-order valence-corrected chi connectivity index (χ0v) is 11.9. The molecule has 0 saturated heterocycles. The molecule has 0 amide bonds. The monoisotopic (exact) mass is 284 g/mol. The third kappa shape index (κ3) is 3.00. The summed E-state index contributed by atoms with van der Waals surface area (Å²) in [6.07, 6.45) is 0. The predicted octanol–water partition coefficient (Wildman–Crippen LogP) is 3.97. The van der Waals surface area contributed by atoms with Crippen LogP contribution in [0.25, 0.3) is 0 Å². The maximum Gasteiger partial charge on any atom is 0.146 e. The van der Waals surface area contributed by atoms with E-state index >= 15 is 0 Å². The van der Waals surface area contributed by atoms with Gasteiger partial charge in [0.05, 0.1) is 22.9 Å². The van der Waals surface area contributed by atoms with Crippen LogP contribution in [0, 0.1) is 12.7 Å². The Morgan fingerprint density at radius 1 is 1.44 bits per heavy atom. The summed E-state index contributed by atoms with van der Waals surface area (Å²) in [6, 6.07) is 5.08. The van der Waals surface area contributed by atoms with Gasteiger partial charge in [0.25, 0.3) is 0 Å². The van der Waals surface area contributed by atoms with Crippen LogP contribution in [0.4, 0.5) is 10.1 Å². The summed E-state index contributed by atoms with van der Waals surface area (Å²) in [5.74, 6) is 0.0780. The molecule has 1 heterocycles. The molecule has 0 atom stereocenters. The van der Waals surface area contributed by atoms with Gasteiger partial charge in [-0.25, -0.2) is 9.37 Å². The largest absolute Gasteiger partial charge is 0.366 e. The second-order valence-electron chi connectivity index (χ2n) is 4.13. The van der Waals surface area contributed by atoms with Crippen LogP contribution in [0.3, 0.4) is 0 Å². The Labute approximate surface area is 115 Å². The summed E-state index contributed by atoms with van der Waals surface area (Å²) in [5, 5.41) is 3.02. The molecule has 0 aliphatic heterocycles. The summed E-state index contributed by atoms with van der Waals surface area (Å²) < 4.78 is 13.9. The molecule has 2 aromatic rings. The third-order valence-corrected chi connectivity index (χ3v) is 3.77. The van der Waals surface area contributed by atoms with Crippen LogP contribution in [0.15, 0.2) is 23.6 Å². The summed E-state index contributed by atoms with van der Waals surface area (Å²) >= 11 is 7.28. The second kappa shape index (κ2) is 5.67. The Morgan fingerprint density at radius 3 is 2.78 bits per heavy atom. The lowest BCUT2D eigenvalue weighted by Crippen LogP contribution is -2.18. The van der Waals surface area contributed by atoms with Crippen molar-refractivity contribution < 1.29 is 4.39 Å². The molecule has 0 N–H and O–H groups in total. The standard InChI is InChI=1S/C13H14ClFN2S/c1-9-16-11(8-18-9)7-17(2)13-4-3-10(6-14)5-12(13)15/h3-5,8H,6-7H2,1-2H3. The van der Waals surface area contributed by atoms with Crippen molar-refractivity contribution in [1.29, 1.82) is 0 Å². The molecular weight excluding hydrogens is 271 g/mol. The summed E-state index contributed by atoms with van der Waals surface area (Å²) in [5.41, 5.74) is 2.31. The number of hydrogen-bond acceptors (Lipinski definition) is 3. The molecule has 0 fully saturated rings. The average molecular weight is 285 g/mol. The first kappa shape index (κ1) is 13.3. The molecule has 0 bridgehead atoms. The van der Waals surface area contributed by atoms with Crippen molar-refractivity contribution in [2.24, 2.45) is 0 Å². The van der Waals surface area contributed by atoms with Crippen molar-refractivity contribution in [3.05, 3.63) is 45.7 Å². The minimum atomic E-state index is -0.248. The van der Waals surface area contributed by atoms with Gasteiger partial charge in [-0.05, 0) is 24.6 Å². The number of benzene rings is 1. The Balaban J connectivity index is 2.15. The fourth-order valence-electron chi connectivity index (χ4n) is 1.75. The summed E-state index contributed by atoms with van der Waals surface area (Å²) in [7, 11) is 1.85. The highest BCUT2D eigenvalue weighted by Gasteiger charge is 2.10. The lowest BCUT2D eigenvalue weighted by molar-refractivity contribution is 0.620. The van der Waals surface area contributed by atoms with Gasteiger partial charge in [-0.2, -0.15) is 0 Å². The van der Waals surface area contributed by atoms with Crippen LogP contribution >= 0.6 is 22.9 Å². The third-order valence-electron chi connectivity index (χ3n) is 2.64. The first-order valence-corrected chi connectivity index (χ1v) is 6.98. The van der Waals surface area contributed by atoms with E-state index < -0.39 is 0 Å². The Kier molecular flexibility index (Phi) is 4.19. The van der Waals surface area contributed by atoms with Gasteiger partial charge in [0.15, 0.2) is 0 Å². The van der Waals surface area contributed by atoms with Crippen LogP contribution in [0.2, 0.25) is 0 Å². The van der Waals surface area contributed by atoms with E-state index in [-0.39, 0.29) is 5.82 Å². The van der Waals surface area contributed by atoms with Crippen LogP contribution < -0.4 is 4.90 Å². The minimum absolute atomic E-state index is 0.248. The molecular formula is C13H14ClFN2S. The van der Waals surface area contributed by atoms with Gasteiger partial charge in [0.1, 0.15) is 5.82 Å². The van der Waals surface area contributed by atoms with Crippen LogP contribution in [-0.2, 0) is 12.4 Å². The summed E-state index contributed by atoms with van der Waals surface area (Å²) in [4.78, 5) is 6.22. The van der Waals surface area contributed by atoms with Crippen LogP contribution in [0.1, 0.15) is 16.3 Å². The lowest BCUT2D eigenvalue weighted by Gasteiger charge is -2.19. The highest BCUT2D eigenvalue weighted by atomic mass is 35.5. The second-order valence-corrected chi connectivity index (χ2v) is 5.46. The van der Waals surface area contributed by atoms with Gasteiger partial charge in [-0.1, -0.05) is 6.07 Å². The number of rotatable bonds is 4. The first-order valence-electron chi connectivity index (χ1n) is 5.56. The molecule has 2 rings (SSSR count). The fourth-order valence-corrected chi connectivity index (χ4v) is 2.52. The van der Waals surface area contributed by atoms with Gasteiger partial charge < -0.3 is 4.90 Å². The van der Waals surface area contributed by atoms with E-state index in [1.54, 1.807) is 17.4 Å². The molecule has 1 aromatic carbocycles. The number of anilines is 1. The van der Waals surface area contributed by atoms with Crippen molar-refractivity contribution >= 4 is 28.6 Å². The molecule has 0 saturated carbocycles. The molecule has 0 spiro atoms. The average Bonchev–Trinajstić information content (AvgIpc) is 2.74. The SMILES string of the molecule is Cc1nc(CN(C)c2ccc(CCl)cc2F)cs1. The maximum atomic E-state index is 13.9. The summed E-state index contributed by atoms with van der Waals surface area (Å²) in [6.45, 7) is 2.56. The van der Waals surface area contributed by atoms with Gasteiger partial charge in [-0.15, -0.1) is 22.9 Å². The lowest BCUT2D eigenvalue weighted by atomic mass is 10.2. The van der Waals surface area contributed by atoms with Crippen LogP contribution in [-0.4, -0.2) is 12.0 Å². The number of hydrogen-bond donors (Lipinski definition) is 0. The normalized spacial score (nSPS) is 10.7. The topological polar surface area (TPSA) is 16.1 Å². The number of alkyl halides is 1. The molecule has 0 unspecified atom stereocenters. The maximum absolute atomic E-state index is 13.9. The molecule has 2 nitrogen and oxygen atoms in total. The highest BCUT2D eigenvalue weighted by molar-refractivity contribution is 7.09. The van der Waals surface area contributed by atoms with Gasteiger partial charge >= 0.3 is 0 Å². The van der Waals surface area contributed by atoms with Gasteiger partial charge in [0, 0.05) is 18.3 Å². The number of aromatic nitrogens is 1. The highest BCUT2D eigenvalue weighted by Crippen LogP contribution is 2.22.